The van der Waals surface area contributed by atoms with Crippen molar-refractivity contribution in [2.24, 2.45) is 5.92 Å². The summed E-state index contributed by atoms with van der Waals surface area (Å²) in [4.78, 5) is 12.3. The molecule has 4 heteroatoms. The van der Waals surface area contributed by atoms with E-state index >= 15 is 0 Å². The summed E-state index contributed by atoms with van der Waals surface area (Å²) >= 11 is 0. The van der Waals surface area contributed by atoms with Crippen molar-refractivity contribution >= 4 is 5.97 Å². The summed E-state index contributed by atoms with van der Waals surface area (Å²) in [5.41, 5.74) is 4.11. The van der Waals surface area contributed by atoms with Gasteiger partial charge in [-0.15, -0.1) is 0 Å². The van der Waals surface area contributed by atoms with Crippen molar-refractivity contribution in [2.45, 2.75) is 46.5 Å². The van der Waals surface area contributed by atoms with Gasteiger partial charge in [-0.25, -0.2) is 4.68 Å². The first kappa shape index (κ1) is 14.8. The molecule has 1 aromatic heterocycles. The van der Waals surface area contributed by atoms with E-state index < -0.39 is 0 Å². The van der Waals surface area contributed by atoms with E-state index in [1.807, 2.05) is 32.0 Å². The number of nitrogens with zero attached hydrogens (tertiary/aromatic N) is 2. The monoisotopic (exact) mass is 298 g/mol. The van der Waals surface area contributed by atoms with E-state index in [0.29, 0.717) is 5.88 Å². The quantitative estimate of drug-likeness (QED) is 0.807. The number of ether oxygens (including phenoxy) is 1. The molecule has 1 aliphatic carbocycles. The van der Waals surface area contributed by atoms with Gasteiger partial charge in [-0.05, 0) is 45.2 Å². The van der Waals surface area contributed by atoms with Gasteiger partial charge < -0.3 is 4.74 Å². The Morgan fingerprint density at radius 2 is 1.91 bits per heavy atom. The number of carbonyl (C=O) groups is 1. The first-order valence-corrected chi connectivity index (χ1v) is 7.90. The van der Waals surface area contributed by atoms with Crippen LogP contribution in [0.5, 0.6) is 5.88 Å². The maximum absolute atomic E-state index is 12.3. The molecule has 0 aliphatic heterocycles. The Hall–Kier alpha value is -2.10. The average Bonchev–Trinajstić information content (AvgIpc) is 3.09. The molecule has 0 N–H and O–H groups in total. The summed E-state index contributed by atoms with van der Waals surface area (Å²) in [6, 6.07) is 7.99. The van der Waals surface area contributed by atoms with Crippen LogP contribution < -0.4 is 4.74 Å². The van der Waals surface area contributed by atoms with Gasteiger partial charge >= 0.3 is 5.97 Å². The Bertz CT molecular complexity index is 697. The van der Waals surface area contributed by atoms with Crippen LogP contribution in [0.2, 0.25) is 0 Å². The molecule has 4 nitrogen and oxygen atoms in total. The SMILES string of the molecule is Cc1ccc(-n2nc(C)cc2OC(=O)C2CCCC2)c(C)c1. The van der Waals surface area contributed by atoms with E-state index in [1.165, 1.54) is 5.56 Å². The highest BCUT2D eigenvalue weighted by molar-refractivity contribution is 5.75. The smallest absolute Gasteiger partial charge is 0.315 e. The Labute approximate surface area is 131 Å². The van der Waals surface area contributed by atoms with E-state index in [4.69, 9.17) is 4.74 Å². The Morgan fingerprint density at radius 1 is 1.18 bits per heavy atom. The predicted octanol–water partition coefficient (Wildman–Crippen LogP) is 3.89. The van der Waals surface area contributed by atoms with Crippen molar-refractivity contribution < 1.29 is 9.53 Å². The van der Waals surface area contributed by atoms with Gasteiger partial charge in [0.1, 0.15) is 0 Å². The van der Waals surface area contributed by atoms with Crippen molar-refractivity contribution in [1.82, 2.24) is 9.78 Å². The highest BCUT2D eigenvalue weighted by Gasteiger charge is 2.26. The Balaban J connectivity index is 1.90. The van der Waals surface area contributed by atoms with E-state index in [-0.39, 0.29) is 11.9 Å². The zero-order chi connectivity index (χ0) is 15.7. The molecule has 0 radical (unpaired) electrons. The van der Waals surface area contributed by atoms with Crippen molar-refractivity contribution in [2.75, 3.05) is 0 Å². The number of esters is 1. The molecule has 1 saturated carbocycles. The molecule has 0 atom stereocenters. The standard InChI is InChI=1S/C18H22N2O2/c1-12-8-9-16(13(2)10-12)20-17(11-14(3)19-20)22-18(21)15-6-4-5-7-15/h8-11,15H,4-7H2,1-3H3. The molecular formula is C18H22N2O2. The minimum absolute atomic E-state index is 0.0442. The number of hydrogen-bond acceptors (Lipinski definition) is 3. The molecule has 0 saturated heterocycles. The highest BCUT2D eigenvalue weighted by atomic mass is 16.5. The van der Waals surface area contributed by atoms with Gasteiger partial charge in [0.25, 0.3) is 0 Å². The normalized spacial score (nSPS) is 15.2. The van der Waals surface area contributed by atoms with Gasteiger partial charge in [-0.1, -0.05) is 30.5 Å². The molecule has 0 unspecified atom stereocenters. The first-order chi connectivity index (χ1) is 10.5. The van der Waals surface area contributed by atoms with Gasteiger partial charge in [0.05, 0.1) is 17.3 Å². The lowest BCUT2D eigenvalue weighted by Gasteiger charge is -2.12. The molecule has 22 heavy (non-hydrogen) atoms. The summed E-state index contributed by atoms with van der Waals surface area (Å²) < 4.78 is 7.38. The van der Waals surface area contributed by atoms with Crippen molar-refractivity contribution in [3.63, 3.8) is 0 Å². The van der Waals surface area contributed by atoms with Gasteiger partial charge in [0.15, 0.2) is 0 Å². The number of rotatable bonds is 3. The van der Waals surface area contributed by atoms with Crippen LogP contribution in [0.25, 0.3) is 5.69 Å². The third-order valence-corrected chi connectivity index (χ3v) is 4.27. The topological polar surface area (TPSA) is 44.1 Å². The molecule has 1 aliphatic rings. The molecule has 3 rings (SSSR count). The molecule has 1 aromatic carbocycles. The minimum atomic E-state index is -0.122. The molecule has 1 fully saturated rings. The average molecular weight is 298 g/mol. The zero-order valence-corrected chi connectivity index (χ0v) is 13.4. The summed E-state index contributed by atoms with van der Waals surface area (Å²) in [6.07, 6.45) is 4.12. The van der Waals surface area contributed by atoms with E-state index in [0.717, 1.165) is 42.6 Å². The second-order valence-electron chi connectivity index (χ2n) is 6.23. The molecule has 116 valence electrons. The number of benzene rings is 1. The van der Waals surface area contributed by atoms with Crippen molar-refractivity contribution in [3.8, 4) is 11.6 Å². The van der Waals surface area contributed by atoms with Crippen LogP contribution in [-0.4, -0.2) is 15.7 Å². The van der Waals surface area contributed by atoms with Crippen LogP contribution >= 0.6 is 0 Å². The van der Waals surface area contributed by atoms with E-state index in [2.05, 4.69) is 18.1 Å². The first-order valence-electron chi connectivity index (χ1n) is 7.90. The maximum atomic E-state index is 12.3. The molecule has 1 heterocycles. The van der Waals surface area contributed by atoms with Crippen LogP contribution in [0, 0.1) is 26.7 Å². The fourth-order valence-corrected chi connectivity index (χ4v) is 3.11. The fraction of sp³-hybridized carbons (Fsp3) is 0.444. The van der Waals surface area contributed by atoms with Crippen LogP contribution in [0.15, 0.2) is 24.3 Å². The number of aryl methyl sites for hydroxylation is 3. The second-order valence-corrected chi connectivity index (χ2v) is 6.23. The Morgan fingerprint density at radius 3 is 2.59 bits per heavy atom. The highest BCUT2D eigenvalue weighted by Crippen LogP contribution is 2.28. The van der Waals surface area contributed by atoms with Gasteiger partial charge in [0.2, 0.25) is 5.88 Å². The number of hydrogen-bond donors (Lipinski definition) is 0. The fourth-order valence-electron chi connectivity index (χ4n) is 3.11. The van der Waals surface area contributed by atoms with Crippen LogP contribution in [0.3, 0.4) is 0 Å². The molecule has 0 amide bonds. The lowest BCUT2D eigenvalue weighted by molar-refractivity contribution is -0.139. The van der Waals surface area contributed by atoms with Crippen LogP contribution in [-0.2, 0) is 4.79 Å². The second kappa shape index (κ2) is 5.95. The molecular weight excluding hydrogens is 276 g/mol. The lowest BCUT2D eigenvalue weighted by atomic mass is 10.1. The summed E-state index contributed by atoms with van der Waals surface area (Å²) in [7, 11) is 0. The van der Waals surface area contributed by atoms with Crippen LogP contribution in [0.1, 0.15) is 42.5 Å². The third kappa shape index (κ3) is 2.91. The Kier molecular flexibility index (Phi) is 4.01. The van der Waals surface area contributed by atoms with Gasteiger partial charge in [0, 0.05) is 6.07 Å². The summed E-state index contributed by atoms with van der Waals surface area (Å²) in [5, 5.41) is 4.49. The molecule has 2 aromatic rings. The maximum Gasteiger partial charge on any atom is 0.315 e. The van der Waals surface area contributed by atoms with Gasteiger partial charge in [-0.2, -0.15) is 5.10 Å². The molecule has 0 spiro atoms. The number of aromatic nitrogens is 2. The largest absolute Gasteiger partial charge is 0.407 e. The summed E-state index contributed by atoms with van der Waals surface area (Å²) in [5.74, 6) is 0.438. The van der Waals surface area contributed by atoms with Crippen molar-refractivity contribution in [1.29, 1.82) is 0 Å². The zero-order valence-electron chi connectivity index (χ0n) is 13.4. The third-order valence-electron chi connectivity index (χ3n) is 4.27. The predicted molar refractivity (Wildman–Crippen MR) is 85.4 cm³/mol. The van der Waals surface area contributed by atoms with E-state index in [9.17, 15) is 4.79 Å². The van der Waals surface area contributed by atoms with Crippen molar-refractivity contribution in [3.05, 3.63) is 41.1 Å². The number of carbonyl (C=O) groups excluding carboxylic acids is 1. The lowest BCUT2D eigenvalue weighted by Crippen LogP contribution is -2.19. The molecule has 0 bridgehead atoms. The van der Waals surface area contributed by atoms with E-state index in [1.54, 1.807) is 4.68 Å². The van der Waals surface area contributed by atoms with Gasteiger partial charge in [-0.3, -0.25) is 4.79 Å². The minimum Gasteiger partial charge on any atom is -0.407 e. The summed E-state index contributed by atoms with van der Waals surface area (Å²) in [6.45, 7) is 6.01. The van der Waals surface area contributed by atoms with Crippen LogP contribution in [0.4, 0.5) is 0 Å².